The molecule has 7 atom stereocenters. The van der Waals surface area contributed by atoms with Crippen molar-refractivity contribution in [3.63, 3.8) is 0 Å². The molecule has 0 aliphatic carbocycles. The maximum atomic E-state index is 12.5. The molecule has 8 nitrogen and oxygen atoms in total. The van der Waals surface area contributed by atoms with Crippen LogP contribution in [0.4, 0.5) is 0 Å². The summed E-state index contributed by atoms with van der Waals surface area (Å²) in [6.45, 7) is 9.53. The number of epoxide rings is 1. The van der Waals surface area contributed by atoms with Crippen molar-refractivity contribution in [2.75, 3.05) is 6.54 Å². The summed E-state index contributed by atoms with van der Waals surface area (Å²) in [7, 11) is 0. The van der Waals surface area contributed by atoms with E-state index in [-0.39, 0.29) is 47.7 Å². The Morgan fingerprint density at radius 3 is 2.55 bits per heavy atom. The number of hydrogen-bond acceptors (Lipinski definition) is 7. The molecule has 1 amide bonds. The second-order valence-corrected chi connectivity index (χ2v) is 9.29. The third-order valence-electron chi connectivity index (χ3n) is 6.96. The molecule has 0 spiro atoms. The number of amides is 1. The van der Waals surface area contributed by atoms with Crippen LogP contribution in [0.2, 0.25) is 0 Å². The summed E-state index contributed by atoms with van der Waals surface area (Å²) in [5, 5.41) is 12.5. The zero-order chi connectivity index (χ0) is 22.7. The summed E-state index contributed by atoms with van der Waals surface area (Å²) in [4.78, 5) is 35.9. The van der Waals surface area contributed by atoms with Crippen LogP contribution in [0.1, 0.15) is 41.0 Å². The van der Waals surface area contributed by atoms with Gasteiger partial charge in [-0.3, -0.25) is 14.4 Å². The molecule has 4 fully saturated rings. The fourth-order valence-electron chi connectivity index (χ4n) is 4.87. The molecular weight excluding hydrogens is 402 g/mol. The Balaban J connectivity index is 1.52. The van der Waals surface area contributed by atoms with Crippen LogP contribution in [-0.4, -0.2) is 58.8 Å². The monoisotopic (exact) mass is 431 g/mol. The number of ketones is 2. The smallest absolute Gasteiger partial charge is 0.259 e. The van der Waals surface area contributed by atoms with Crippen molar-refractivity contribution in [3.05, 3.63) is 35.1 Å². The van der Waals surface area contributed by atoms with Crippen LogP contribution in [0.25, 0.3) is 0 Å². The maximum absolute atomic E-state index is 12.5. The van der Waals surface area contributed by atoms with Crippen LogP contribution in [0, 0.1) is 11.8 Å². The first-order valence-electron chi connectivity index (χ1n) is 10.6. The second-order valence-electron chi connectivity index (χ2n) is 9.29. The summed E-state index contributed by atoms with van der Waals surface area (Å²) < 4.78 is 18.3. The Kier molecular flexibility index (Phi) is 5.23. The number of ether oxygens (including phenoxy) is 3. The molecular formula is C23H29NO7. The molecule has 0 saturated carbocycles. The van der Waals surface area contributed by atoms with Gasteiger partial charge in [0.05, 0.1) is 18.8 Å². The van der Waals surface area contributed by atoms with E-state index in [2.05, 4.69) is 5.32 Å². The summed E-state index contributed by atoms with van der Waals surface area (Å²) in [5.74, 6) is -2.31. The number of aliphatic hydroxyl groups excluding tert-OH is 1. The second kappa shape index (κ2) is 7.39. The van der Waals surface area contributed by atoms with Gasteiger partial charge in [0.25, 0.3) is 5.91 Å². The molecule has 4 aliphatic rings. The fraction of sp³-hybridized carbons (Fsp3) is 0.609. The minimum atomic E-state index is -1.00. The first kappa shape index (κ1) is 21.9. The predicted octanol–water partition coefficient (Wildman–Crippen LogP) is 1.90. The summed E-state index contributed by atoms with van der Waals surface area (Å²) in [6, 6.07) is 0. The third kappa shape index (κ3) is 3.56. The number of nitrogens with one attached hydrogen (secondary N) is 1. The van der Waals surface area contributed by atoms with E-state index in [1.54, 1.807) is 6.08 Å². The quantitative estimate of drug-likeness (QED) is 0.230. The van der Waals surface area contributed by atoms with E-state index >= 15 is 0 Å². The number of carbonyl (C=O) groups is 3. The molecule has 0 aromatic carbocycles. The number of rotatable bonds is 4. The molecule has 2 N–H and O–H groups in total. The van der Waals surface area contributed by atoms with Crippen LogP contribution in [0.3, 0.4) is 0 Å². The van der Waals surface area contributed by atoms with Gasteiger partial charge in [0.1, 0.15) is 11.3 Å². The van der Waals surface area contributed by atoms with Crippen molar-refractivity contribution in [2.45, 2.75) is 70.7 Å². The highest BCUT2D eigenvalue weighted by Gasteiger charge is 2.73. The number of Topliss-reactive ketones (excluding diaryl/α,β-unsaturated/α-hetero) is 2. The van der Waals surface area contributed by atoms with E-state index in [0.29, 0.717) is 6.42 Å². The van der Waals surface area contributed by atoms with Gasteiger partial charge in [0.15, 0.2) is 29.1 Å². The summed E-state index contributed by atoms with van der Waals surface area (Å²) in [6.07, 6.45) is 4.41. The van der Waals surface area contributed by atoms with Crippen LogP contribution < -0.4 is 5.32 Å². The molecule has 4 aliphatic heterocycles. The summed E-state index contributed by atoms with van der Waals surface area (Å²) in [5.41, 5.74) is -0.154. The van der Waals surface area contributed by atoms with Crippen molar-refractivity contribution in [2.24, 2.45) is 11.8 Å². The highest BCUT2D eigenvalue weighted by molar-refractivity contribution is 6.25. The Morgan fingerprint density at radius 1 is 1.19 bits per heavy atom. The van der Waals surface area contributed by atoms with Crippen molar-refractivity contribution in [1.82, 2.24) is 5.32 Å². The molecule has 31 heavy (non-hydrogen) atoms. The average molecular weight is 431 g/mol. The first-order chi connectivity index (χ1) is 14.5. The van der Waals surface area contributed by atoms with E-state index in [9.17, 15) is 19.5 Å². The van der Waals surface area contributed by atoms with Crippen LogP contribution in [0.5, 0.6) is 0 Å². The van der Waals surface area contributed by atoms with Crippen molar-refractivity contribution >= 4 is 17.5 Å². The lowest BCUT2D eigenvalue weighted by Crippen LogP contribution is -2.58. The van der Waals surface area contributed by atoms with Crippen LogP contribution >= 0.6 is 0 Å². The van der Waals surface area contributed by atoms with E-state index in [1.165, 1.54) is 6.08 Å². The van der Waals surface area contributed by atoms with Gasteiger partial charge >= 0.3 is 0 Å². The Hall–Kier alpha value is -2.29. The van der Waals surface area contributed by atoms with Crippen LogP contribution in [0.15, 0.2) is 35.1 Å². The molecule has 4 rings (SSSR count). The first-order valence-corrected chi connectivity index (χ1v) is 10.6. The standard InChI is InChI=1S/C23H29NO7/c1-11(6-7-14(25)18-16(27)10-24-21(18)28)8-12(2)19-13(3)17-9-15(26)20-22(4,31-20)23(5,29-17)30-19/h6-8,12-13,17,19-20,25H,9-10H2,1-5H3,(H,24,28)/b7-6+,11-8+,18-14+/t12-,13?,17?,19?,20+,22+,23?/m1/s1. The number of fused-ring (bicyclic) bond motifs is 4. The highest BCUT2D eigenvalue weighted by atomic mass is 16.8. The Labute approximate surface area is 181 Å². The third-order valence-corrected chi connectivity index (χ3v) is 6.96. The van der Waals surface area contributed by atoms with Crippen molar-refractivity contribution in [3.8, 4) is 0 Å². The van der Waals surface area contributed by atoms with Crippen LogP contribution in [-0.2, 0) is 28.6 Å². The molecule has 0 aromatic rings. The number of allylic oxidation sites excluding steroid dienone is 3. The van der Waals surface area contributed by atoms with Gasteiger partial charge in [-0.05, 0) is 26.8 Å². The molecule has 0 aromatic heterocycles. The Morgan fingerprint density at radius 2 is 1.90 bits per heavy atom. The lowest BCUT2D eigenvalue weighted by molar-refractivity contribution is -0.351. The zero-order valence-electron chi connectivity index (χ0n) is 18.4. The van der Waals surface area contributed by atoms with Gasteiger partial charge in [-0.15, -0.1) is 0 Å². The normalized spacial score (nSPS) is 42.9. The van der Waals surface area contributed by atoms with Gasteiger partial charge in [0.2, 0.25) is 0 Å². The molecule has 2 bridgehead atoms. The largest absolute Gasteiger partial charge is 0.507 e. The maximum Gasteiger partial charge on any atom is 0.259 e. The molecule has 4 heterocycles. The predicted molar refractivity (Wildman–Crippen MR) is 110 cm³/mol. The topological polar surface area (TPSA) is 114 Å². The molecule has 0 radical (unpaired) electrons. The van der Waals surface area contributed by atoms with Gasteiger partial charge in [-0.1, -0.05) is 31.6 Å². The van der Waals surface area contributed by atoms with Gasteiger partial charge in [0, 0.05) is 18.3 Å². The lowest BCUT2D eigenvalue weighted by atomic mass is 9.85. The van der Waals surface area contributed by atoms with Crippen molar-refractivity contribution < 1.29 is 33.7 Å². The van der Waals surface area contributed by atoms with Crippen molar-refractivity contribution in [1.29, 1.82) is 0 Å². The van der Waals surface area contributed by atoms with Gasteiger partial charge in [-0.25, -0.2) is 0 Å². The molecule has 168 valence electrons. The summed E-state index contributed by atoms with van der Waals surface area (Å²) >= 11 is 0. The zero-order valence-corrected chi connectivity index (χ0v) is 18.4. The van der Waals surface area contributed by atoms with E-state index in [0.717, 1.165) is 5.57 Å². The minimum absolute atomic E-state index is 0.00326. The average Bonchev–Trinajstić information content (AvgIpc) is 3.31. The number of hydrogen-bond donors (Lipinski definition) is 2. The van der Waals surface area contributed by atoms with Gasteiger partial charge in [-0.2, -0.15) is 0 Å². The lowest BCUT2D eigenvalue weighted by Gasteiger charge is -2.48. The number of carbonyl (C=O) groups excluding carboxylic acids is 3. The number of aliphatic hydroxyl groups is 1. The molecule has 4 saturated heterocycles. The fourth-order valence-corrected chi connectivity index (χ4v) is 4.87. The highest BCUT2D eigenvalue weighted by Crippen LogP contribution is 2.55. The minimum Gasteiger partial charge on any atom is -0.507 e. The van der Waals surface area contributed by atoms with E-state index < -0.39 is 29.2 Å². The van der Waals surface area contributed by atoms with E-state index in [1.807, 2.05) is 40.7 Å². The SMILES string of the molecule is CC(/C=C/C(O)=C1/C(=O)CNC1=O)=C\[C@@H](C)C1OC2(C)OC(CC(=O)[C@@H]3O[C@@]32C)C1C. The van der Waals surface area contributed by atoms with Gasteiger partial charge < -0.3 is 24.6 Å². The molecule has 4 unspecified atom stereocenters. The Bertz CT molecular complexity index is 916. The van der Waals surface area contributed by atoms with E-state index in [4.69, 9.17) is 14.2 Å². The molecule has 8 heteroatoms.